The lowest BCUT2D eigenvalue weighted by molar-refractivity contribution is -0.00460. The molecule has 108 valence electrons. The quantitative estimate of drug-likeness (QED) is 0.901. The van der Waals surface area contributed by atoms with Crippen LogP contribution in [-0.4, -0.2) is 44.8 Å². The zero-order valence-electron chi connectivity index (χ0n) is 11.3. The van der Waals surface area contributed by atoms with Crippen LogP contribution in [-0.2, 0) is 14.6 Å². The minimum Gasteiger partial charge on any atom is -0.382 e. The molecule has 0 bridgehead atoms. The number of piperidine rings is 1. The highest BCUT2D eigenvalue weighted by Gasteiger charge is 2.34. The van der Waals surface area contributed by atoms with E-state index < -0.39 is 9.84 Å². The van der Waals surface area contributed by atoms with E-state index in [0.717, 1.165) is 37.2 Å². The molecule has 1 fully saturated rings. The maximum Gasteiger partial charge on any atom is 0.182 e. The van der Waals surface area contributed by atoms with Gasteiger partial charge in [0, 0.05) is 26.5 Å². The van der Waals surface area contributed by atoms with Gasteiger partial charge in [0.25, 0.3) is 0 Å². The molecule has 0 aromatic carbocycles. The summed E-state index contributed by atoms with van der Waals surface area (Å²) in [5.74, 6) is 0.0900. The Morgan fingerprint density at radius 3 is 2.79 bits per heavy atom. The van der Waals surface area contributed by atoms with Crippen molar-refractivity contribution in [2.75, 3.05) is 37.1 Å². The first-order valence-electron chi connectivity index (χ1n) is 6.02. The first-order chi connectivity index (χ1) is 8.77. The second-order valence-electron chi connectivity index (χ2n) is 5.15. The summed E-state index contributed by atoms with van der Waals surface area (Å²) in [6.45, 7) is 3.47. The Labute approximate surface area is 117 Å². The second kappa shape index (κ2) is 4.92. The van der Waals surface area contributed by atoms with Gasteiger partial charge in [-0.25, -0.2) is 8.42 Å². The number of hydrogen-bond donors (Lipinski definition) is 1. The minimum absolute atomic E-state index is 0.0900. The Kier molecular flexibility index (Phi) is 3.76. The van der Waals surface area contributed by atoms with Crippen molar-refractivity contribution in [1.29, 1.82) is 0 Å². The molecule has 0 amide bonds. The number of hydrogen-bond acceptors (Lipinski definition) is 7. The summed E-state index contributed by atoms with van der Waals surface area (Å²) in [7, 11) is -1.69. The number of ether oxygens (including phenoxy) is 1. The van der Waals surface area contributed by atoms with Crippen LogP contribution >= 0.6 is 11.5 Å². The highest BCUT2D eigenvalue weighted by atomic mass is 32.2. The van der Waals surface area contributed by atoms with Gasteiger partial charge in [0.05, 0.1) is 5.60 Å². The molecular formula is C11H19N3O3S2. The zero-order chi connectivity index (χ0) is 14.3. The van der Waals surface area contributed by atoms with Gasteiger partial charge in [-0.2, -0.15) is 4.37 Å². The van der Waals surface area contributed by atoms with Crippen molar-refractivity contribution >= 4 is 32.2 Å². The topological polar surface area (TPSA) is 85.5 Å². The SMILES string of the molecule is COC1(C)CCCN(c2snc(N)c2S(C)(=O)=O)C1. The Morgan fingerprint density at radius 2 is 2.21 bits per heavy atom. The average molecular weight is 305 g/mol. The molecule has 0 radical (unpaired) electrons. The summed E-state index contributed by atoms with van der Waals surface area (Å²) in [6.07, 6.45) is 3.07. The highest BCUT2D eigenvalue weighted by Crippen LogP contribution is 2.37. The Morgan fingerprint density at radius 1 is 1.53 bits per heavy atom. The molecule has 2 N–H and O–H groups in total. The van der Waals surface area contributed by atoms with E-state index in [-0.39, 0.29) is 16.3 Å². The molecule has 1 aliphatic rings. The third-order valence-electron chi connectivity index (χ3n) is 3.47. The van der Waals surface area contributed by atoms with Crippen molar-refractivity contribution < 1.29 is 13.2 Å². The van der Waals surface area contributed by atoms with Crippen LogP contribution in [0.2, 0.25) is 0 Å². The smallest absolute Gasteiger partial charge is 0.182 e. The van der Waals surface area contributed by atoms with Crippen molar-refractivity contribution in [2.24, 2.45) is 0 Å². The minimum atomic E-state index is -3.37. The fourth-order valence-corrected chi connectivity index (χ4v) is 4.61. The van der Waals surface area contributed by atoms with Gasteiger partial charge in [0.15, 0.2) is 15.7 Å². The molecule has 1 aliphatic heterocycles. The van der Waals surface area contributed by atoms with Crippen molar-refractivity contribution in [3.63, 3.8) is 0 Å². The number of rotatable bonds is 3. The van der Waals surface area contributed by atoms with Crippen LogP contribution in [0.1, 0.15) is 19.8 Å². The summed E-state index contributed by atoms with van der Waals surface area (Å²) in [5, 5.41) is 0.628. The van der Waals surface area contributed by atoms with Gasteiger partial charge in [-0.15, -0.1) is 0 Å². The molecule has 8 heteroatoms. The molecule has 1 unspecified atom stereocenters. The number of aromatic nitrogens is 1. The van der Waals surface area contributed by atoms with Crippen LogP contribution < -0.4 is 10.6 Å². The summed E-state index contributed by atoms with van der Waals surface area (Å²) in [4.78, 5) is 2.16. The fourth-order valence-electron chi connectivity index (χ4n) is 2.38. The third-order valence-corrected chi connectivity index (χ3v) is 5.66. The van der Waals surface area contributed by atoms with Crippen molar-refractivity contribution in [3.05, 3.63) is 0 Å². The predicted molar refractivity (Wildman–Crippen MR) is 76.5 cm³/mol. The number of nitrogens with zero attached hydrogens (tertiary/aromatic N) is 2. The molecule has 2 rings (SSSR count). The number of anilines is 2. The largest absolute Gasteiger partial charge is 0.382 e. The summed E-state index contributed by atoms with van der Waals surface area (Å²) >= 11 is 1.14. The van der Waals surface area contributed by atoms with Gasteiger partial charge >= 0.3 is 0 Å². The van der Waals surface area contributed by atoms with E-state index in [1.807, 2.05) is 11.8 Å². The average Bonchev–Trinajstić information content (AvgIpc) is 2.71. The predicted octanol–water partition coefficient (Wildman–Crippen LogP) is 1.13. The molecule has 0 saturated carbocycles. The second-order valence-corrected chi connectivity index (χ2v) is 7.86. The maximum atomic E-state index is 11.8. The standard InChI is InChI=1S/C11H19N3O3S2/c1-11(17-2)5-4-6-14(7-11)10-8(19(3,15)16)9(12)13-18-10/h4-7H2,1-3H3,(H2,12,13). The van der Waals surface area contributed by atoms with E-state index in [2.05, 4.69) is 4.37 Å². The molecule has 0 spiro atoms. The highest BCUT2D eigenvalue weighted by molar-refractivity contribution is 7.91. The van der Waals surface area contributed by atoms with Crippen LogP contribution in [0.5, 0.6) is 0 Å². The Balaban J connectivity index is 2.38. The number of methoxy groups -OCH3 is 1. The number of sulfone groups is 1. The first-order valence-corrected chi connectivity index (χ1v) is 8.69. The molecular weight excluding hydrogens is 286 g/mol. The van der Waals surface area contributed by atoms with E-state index in [1.54, 1.807) is 7.11 Å². The molecule has 1 aromatic rings. The van der Waals surface area contributed by atoms with Gasteiger partial charge in [0.1, 0.15) is 9.90 Å². The van der Waals surface area contributed by atoms with E-state index in [9.17, 15) is 8.42 Å². The lowest BCUT2D eigenvalue weighted by Crippen LogP contribution is -2.47. The van der Waals surface area contributed by atoms with Crippen LogP contribution in [0.15, 0.2) is 4.90 Å². The lowest BCUT2D eigenvalue weighted by Gasteiger charge is -2.40. The number of nitrogen functional groups attached to an aromatic ring is 1. The van der Waals surface area contributed by atoms with E-state index in [0.29, 0.717) is 11.5 Å². The van der Waals surface area contributed by atoms with Gasteiger partial charge in [-0.3, -0.25) is 0 Å². The van der Waals surface area contributed by atoms with Gasteiger partial charge in [-0.1, -0.05) is 0 Å². The van der Waals surface area contributed by atoms with Crippen LogP contribution in [0.3, 0.4) is 0 Å². The summed E-state index contributed by atoms with van der Waals surface area (Å²) < 4.78 is 33.2. The Hall–Kier alpha value is -0.860. The molecule has 6 nitrogen and oxygen atoms in total. The fraction of sp³-hybridized carbons (Fsp3) is 0.727. The third kappa shape index (κ3) is 2.85. The monoisotopic (exact) mass is 305 g/mol. The lowest BCUT2D eigenvalue weighted by atomic mass is 9.95. The molecule has 1 saturated heterocycles. The van der Waals surface area contributed by atoms with E-state index >= 15 is 0 Å². The van der Waals surface area contributed by atoms with E-state index in [1.165, 1.54) is 0 Å². The van der Waals surface area contributed by atoms with Crippen molar-refractivity contribution in [2.45, 2.75) is 30.3 Å². The molecule has 19 heavy (non-hydrogen) atoms. The van der Waals surface area contributed by atoms with Crippen LogP contribution in [0.4, 0.5) is 10.8 Å². The summed E-state index contributed by atoms with van der Waals surface area (Å²) in [6, 6.07) is 0. The molecule has 1 atom stereocenters. The van der Waals surface area contributed by atoms with E-state index in [4.69, 9.17) is 10.5 Å². The normalized spacial score (nSPS) is 24.7. The van der Waals surface area contributed by atoms with Crippen LogP contribution in [0.25, 0.3) is 0 Å². The first kappa shape index (κ1) is 14.5. The van der Waals surface area contributed by atoms with Gasteiger partial charge in [-0.05, 0) is 31.3 Å². The number of nitrogens with two attached hydrogens (primary N) is 1. The summed E-state index contributed by atoms with van der Waals surface area (Å²) in [5.41, 5.74) is 5.44. The Bertz CT molecular complexity index is 570. The van der Waals surface area contributed by atoms with Crippen molar-refractivity contribution in [3.8, 4) is 0 Å². The molecule has 2 heterocycles. The maximum absolute atomic E-state index is 11.8. The van der Waals surface area contributed by atoms with Gasteiger partial charge in [0.2, 0.25) is 0 Å². The molecule has 1 aromatic heterocycles. The van der Waals surface area contributed by atoms with Crippen molar-refractivity contribution in [1.82, 2.24) is 4.37 Å². The zero-order valence-corrected chi connectivity index (χ0v) is 13.0. The van der Waals surface area contributed by atoms with Gasteiger partial charge < -0.3 is 15.4 Å². The van der Waals surface area contributed by atoms with Crippen LogP contribution in [0, 0.1) is 0 Å². The molecule has 0 aliphatic carbocycles.